The summed E-state index contributed by atoms with van der Waals surface area (Å²) in [4.78, 5) is 4.29. The Kier molecular flexibility index (Phi) is 2.64. The number of benzene rings is 1. The van der Waals surface area contributed by atoms with Crippen LogP contribution in [0.1, 0.15) is 5.56 Å². The van der Waals surface area contributed by atoms with Crippen molar-refractivity contribution in [2.24, 2.45) is 0 Å². The normalized spacial score (nSPS) is 10.8. The van der Waals surface area contributed by atoms with Crippen LogP contribution in [-0.4, -0.2) is 15.2 Å². The Morgan fingerprint density at radius 3 is 3.00 bits per heavy atom. The van der Waals surface area contributed by atoms with E-state index in [0.717, 1.165) is 27.3 Å². The van der Waals surface area contributed by atoms with E-state index < -0.39 is 0 Å². The van der Waals surface area contributed by atoms with Gasteiger partial charge in [0.15, 0.2) is 5.82 Å². The molecule has 3 aromatic rings. The van der Waals surface area contributed by atoms with Crippen molar-refractivity contribution < 1.29 is 0 Å². The molecule has 0 unspecified atom stereocenters. The maximum Gasteiger partial charge on any atom is 0.178 e. The van der Waals surface area contributed by atoms with Crippen molar-refractivity contribution in [1.29, 1.82) is 0 Å². The first-order valence-corrected chi connectivity index (χ1v) is 5.94. The Morgan fingerprint density at radius 1 is 1.28 bits per heavy atom. The van der Waals surface area contributed by atoms with Gasteiger partial charge in [-0.2, -0.15) is 5.10 Å². The van der Waals surface area contributed by atoms with Gasteiger partial charge in [0, 0.05) is 16.9 Å². The van der Waals surface area contributed by atoms with Crippen LogP contribution >= 0.6 is 11.6 Å². The fraction of sp³-hybridized carbons (Fsp3) is 0.0769. The van der Waals surface area contributed by atoms with Crippen molar-refractivity contribution in [2.45, 2.75) is 6.92 Å². The van der Waals surface area contributed by atoms with Gasteiger partial charge < -0.3 is 5.32 Å². The number of aryl methyl sites for hydroxylation is 1. The number of nitrogens with one attached hydrogen (secondary N) is 2. The number of aromatic nitrogens is 3. The number of fused-ring (bicyclic) bond motifs is 1. The first-order valence-electron chi connectivity index (χ1n) is 5.56. The number of pyridine rings is 1. The molecule has 4 nitrogen and oxygen atoms in total. The first kappa shape index (κ1) is 11.0. The van der Waals surface area contributed by atoms with Crippen LogP contribution < -0.4 is 5.32 Å². The molecular formula is C13H11ClN4. The quantitative estimate of drug-likeness (QED) is 0.737. The summed E-state index contributed by atoms with van der Waals surface area (Å²) in [7, 11) is 0. The van der Waals surface area contributed by atoms with E-state index in [2.05, 4.69) is 20.5 Å². The average Bonchev–Trinajstić information content (AvgIpc) is 2.78. The van der Waals surface area contributed by atoms with Gasteiger partial charge in [0.05, 0.1) is 5.52 Å². The van der Waals surface area contributed by atoms with Gasteiger partial charge in [0.1, 0.15) is 5.52 Å². The van der Waals surface area contributed by atoms with Gasteiger partial charge in [-0.05, 0) is 42.8 Å². The molecule has 5 heteroatoms. The van der Waals surface area contributed by atoms with E-state index in [-0.39, 0.29) is 0 Å². The number of hydrogen-bond acceptors (Lipinski definition) is 3. The Balaban J connectivity index is 1.98. The van der Waals surface area contributed by atoms with Crippen LogP contribution in [0.5, 0.6) is 0 Å². The fourth-order valence-corrected chi connectivity index (χ4v) is 1.92. The lowest BCUT2D eigenvalue weighted by Gasteiger charge is -2.05. The van der Waals surface area contributed by atoms with Crippen LogP contribution in [0, 0.1) is 6.92 Å². The molecule has 0 aliphatic carbocycles. The minimum Gasteiger partial charge on any atom is -0.337 e. The number of nitrogens with zero attached hydrogens (tertiary/aromatic N) is 2. The molecule has 0 aliphatic rings. The molecule has 1 aromatic carbocycles. The molecule has 18 heavy (non-hydrogen) atoms. The molecular weight excluding hydrogens is 248 g/mol. The first-order chi connectivity index (χ1) is 8.74. The highest BCUT2D eigenvalue weighted by molar-refractivity contribution is 6.31. The molecule has 0 radical (unpaired) electrons. The second-order valence-corrected chi connectivity index (χ2v) is 4.47. The number of anilines is 2. The third kappa shape index (κ3) is 1.91. The van der Waals surface area contributed by atoms with Gasteiger partial charge in [0.25, 0.3) is 0 Å². The molecule has 0 aliphatic heterocycles. The van der Waals surface area contributed by atoms with E-state index in [1.165, 1.54) is 0 Å². The summed E-state index contributed by atoms with van der Waals surface area (Å²) in [5.74, 6) is 0.715. The summed E-state index contributed by atoms with van der Waals surface area (Å²) in [6.07, 6.45) is 1.75. The van der Waals surface area contributed by atoms with Crippen LogP contribution in [0.3, 0.4) is 0 Å². The Hall–Kier alpha value is -2.07. The van der Waals surface area contributed by atoms with E-state index in [1.54, 1.807) is 6.20 Å². The smallest absolute Gasteiger partial charge is 0.178 e. The highest BCUT2D eigenvalue weighted by Gasteiger charge is 2.06. The standard InChI is InChI=1S/C13H11ClN4/c1-8-7-9(4-5-10(8)14)16-13-12-11(17-18-13)3-2-6-15-12/h2-7H,1H3,(H2,16,17,18). The Labute approximate surface area is 109 Å². The van der Waals surface area contributed by atoms with Gasteiger partial charge in [-0.25, -0.2) is 0 Å². The van der Waals surface area contributed by atoms with Crippen molar-refractivity contribution in [3.05, 3.63) is 47.1 Å². The highest BCUT2D eigenvalue weighted by atomic mass is 35.5. The topological polar surface area (TPSA) is 53.6 Å². The zero-order chi connectivity index (χ0) is 12.5. The van der Waals surface area contributed by atoms with E-state index in [9.17, 15) is 0 Å². The van der Waals surface area contributed by atoms with Crippen molar-refractivity contribution in [3.63, 3.8) is 0 Å². The fourth-order valence-electron chi connectivity index (χ4n) is 1.80. The zero-order valence-electron chi connectivity index (χ0n) is 9.74. The van der Waals surface area contributed by atoms with Gasteiger partial charge in [-0.1, -0.05) is 11.6 Å². The molecule has 0 saturated carbocycles. The van der Waals surface area contributed by atoms with Crippen LogP contribution in [0.4, 0.5) is 11.5 Å². The van der Waals surface area contributed by atoms with Crippen molar-refractivity contribution >= 4 is 34.1 Å². The third-order valence-electron chi connectivity index (χ3n) is 2.74. The highest BCUT2D eigenvalue weighted by Crippen LogP contribution is 2.24. The number of H-pyrrole nitrogens is 1. The average molecular weight is 259 g/mol. The summed E-state index contributed by atoms with van der Waals surface area (Å²) in [5.41, 5.74) is 3.70. The van der Waals surface area contributed by atoms with Gasteiger partial charge in [0.2, 0.25) is 0 Å². The van der Waals surface area contributed by atoms with Crippen LogP contribution in [-0.2, 0) is 0 Å². The summed E-state index contributed by atoms with van der Waals surface area (Å²) >= 11 is 6.00. The molecule has 2 heterocycles. The molecule has 0 bridgehead atoms. The lowest BCUT2D eigenvalue weighted by atomic mass is 10.2. The number of aromatic amines is 1. The van der Waals surface area contributed by atoms with E-state index in [4.69, 9.17) is 11.6 Å². The molecule has 0 atom stereocenters. The molecule has 2 aromatic heterocycles. The molecule has 0 fully saturated rings. The zero-order valence-corrected chi connectivity index (χ0v) is 10.5. The lowest BCUT2D eigenvalue weighted by molar-refractivity contribution is 1.12. The van der Waals surface area contributed by atoms with E-state index in [1.807, 2.05) is 37.3 Å². The molecule has 0 spiro atoms. The number of halogens is 1. The van der Waals surface area contributed by atoms with Crippen LogP contribution in [0.2, 0.25) is 5.02 Å². The maximum atomic E-state index is 6.00. The van der Waals surface area contributed by atoms with Crippen molar-refractivity contribution in [2.75, 3.05) is 5.32 Å². The molecule has 90 valence electrons. The minimum absolute atomic E-state index is 0.715. The summed E-state index contributed by atoms with van der Waals surface area (Å²) in [6, 6.07) is 9.57. The van der Waals surface area contributed by atoms with Crippen LogP contribution in [0.15, 0.2) is 36.5 Å². The minimum atomic E-state index is 0.715. The second kappa shape index (κ2) is 4.31. The lowest BCUT2D eigenvalue weighted by Crippen LogP contribution is -1.92. The summed E-state index contributed by atoms with van der Waals surface area (Å²) in [5, 5.41) is 11.1. The van der Waals surface area contributed by atoms with Gasteiger partial charge >= 0.3 is 0 Å². The largest absolute Gasteiger partial charge is 0.337 e. The maximum absolute atomic E-state index is 6.00. The molecule has 0 saturated heterocycles. The van der Waals surface area contributed by atoms with Gasteiger partial charge in [-0.3, -0.25) is 10.1 Å². The Bertz CT molecular complexity index is 705. The van der Waals surface area contributed by atoms with E-state index in [0.29, 0.717) is 5.82 Å². The van der Waals surface area contributed by atoms with Crippen molar-refractivity contribution in [1.82, 2.24) is 15.2 Å². The van der Waals surface area contributed by atoms with Crippen LogP contribution in [0.25, 0.3) is 11.0 Å². The van der Waals surface area contributed by atoms with Gasteiger partial charge in [-0.15, -0.1) is 0 Å². The third-order valence-corrected chi connectivity index (χ3v) is 3.16. The Morgan fingerprint density at radius 2 is 2.17 bits per heavy atom. The monoisotopic (exact) mass is 258 g/mol. The SMILES string of the molecule is Cc1cc(Nc2n[nH]c3cccnc23)ccc1Cl. The van der Waals surface area contributed by atoms with E-state index >= 15 is 0 Å². The molecule has 0 amide bonds. The van der Waals surface area contributed by atoms with Crippen molar-refractivity contribution in [3.8, 4) is 0 Å². The number of hydrogen-bond donors (Lipinski definition) is 2. The summed E-state index contributed by atoms with van der Waals surface area (Å²) in [6.45, 7) is 1.97. The number of rotatable bonds is 2. The second-order valence-electron chi connectivity index (χ2n) is 4.06. The molecule has 2 N–H and O–H groups in total. The summed E-state index contributed by atoms with van der Waals surface area (Å²) < 4.78 is 0. The predicted octanol–water partition coefficient (Wildman–Crippen LogP) is 3.66. The predicted molar refractivity (Wildman–Crippen MR) is 73.4 cm³/mol. The molecule has 3 rings (SSSR count).